The van der Waals surface area contributed by atoms with Crippen LogP contribution in [0.1, 0.15) is 17.1 Å². The minimum atomic E-state index is 0.537. The maximum atomic E-state index is 6.13. The highest BCUT2D eigenvalue weighted by atomic mass is 35.5. The predicted octanol–water partition coefficient (Wildman–Crippen LogP) is 3.48. The molecule has 4 heteroatoms. The van der Waals surface area contributed by atoms with Gasteiger partial charge in [-0.05, 0) is 36.8 Å². The first kappa shape index (κ1) is 10.4. The molecule has 3 heterocycles. The summed E-state index contributed by atoms with van der Waals surface area (Å²) in [4.78, 5) is 4.37. The molecule has 0 spiro atoms. The Bertz CT molecular complexity index is 655. The van der Waals surface area contributed by atoms with Crippen LogP contribution in [0.2, 0.25) is 5.15 Å². The Balaban J connectivity index is 2.11. The topological polar surface area (TPSA) is 30.4 Å². The largest absolute Gasteiger partial charge is 0.469 e. The van der Waals surface area contributed by atoms with Crippen molar-refractivity contribution in [1.29, 1.82) is 0 Å². The van der Waals surface area contributed by atoms with Gasteiger partial charge in [0.15, 0.2) is 5.15 Å². The van der Waals surface area contributed by atoms with E-state index in [9.17, 15) is 0 Å². The van der Waals surface area contributed by atoms with Crippen LogP contribution in [0.3, 0.4) is 0 Å². The maximum Gasteiger partial charge on any atom is 0.155 e. The van der Waals surface area contributed by atoms with Crippen molar-refractivity contribution in [3.8, 4) is 0 Å². The maximum absolute atomic E-state index is 6.13. The van der Waals surface area contributed by atoms with Crippen molar-refractivity contribution in [3.05, 3.63) is 59.0 Å². The Morgan fingerprint density at radius 1 is 1.41 bits per heavy atom. The molecule has 0 saturated carbocycles. The summed E-state index contributed by atoms with van der Waals surface area (Å²) >= 11 is 6.13. The van der Waals surface area contributed by atoms with Gasteiger partial charge in [0.1, 0.15) is 11.6 Å². The second kappa shape index (κ2) is 3.93. The van der Waals surface area contributed by atoms with Crippen LogP contribution in [0, 0.1) is 6.92 Å². The van der Waals surface area contributed by atoms with Gasteiger partial charge in [0.2, 0.25) is 0 Å². The van der Waals surface area contributed by atoms with Gasteiger partial charge in [-0.3, -0.25) is 0 Å². The van der Waals surface area contributed by atoms with Gasteiger partial charge in [-0.2, -0.15) is 0 Å². The summed E-state index contributed by atoms with van der Waals surface area (Å²) in [6.07, 6.45) is 4.29. The van der Waals surface area contributed by atoms with Crippen molar-refractivity contribution in [2.45, 2.75) is 13.3 Å². The molecule has 0 amide bonds. The van der Waals surface area contributed by atoms with Gasteiger partial charge in [0, 0.05) is 6.20 Å². The molecule has 0 aliphatic rings. The van der Waals surface area contributed by atoms with Crippen LogP contribution in [0.15, 0.2) is 41.1 Å². The average molecular weight is 247 g/mol. The lowest BCUT2D eigenvalue weighted by molar-refractivity contribution is 0.516. The lowest BCUT2D eigenvalue weighted by atomic mass is 10.3. The molecule has 3 rings (SSSR count). The molecular weight excluding hydrogens is 236 g/mol. The number of furan rings is 1. The number of aromatic nitrogens is 2. The number of aryl methyl sites for hydroxylation is 1. The van der Waals surface area contributed by atoms with Crippen molar-refractivity contribution >= 4 is 17.1 Å². The first-order valence-corrected chi connectivity index (χ1v) is 5.77. The molecule has 0 saturated heterocycles. The fourth-order valence-corrected chi connectivity index (χ4v) is 2.15. The molecular formula is C13H11ClN2O. The van der Waals surface area contributed by atoms with Crippen LogP contribution in [0.4, 0.5) is 0 Å². The zero-order valence-corrected chi connectivity index (χ0v) is 10.1. The molecule has 3 nitrogen and oxygen atoms in total. The number of hydrogen-bond acceptors (Lipinski definition) is 2. The fraction of sp³-hybridized carbons (Fsp3) is 0.154. The quantitative estimate of drug-likeness (QED) is 0.693. The Labute approximate surface area is 104 Å². The third kappa shape index (κ3) is 1.83. The molecule has 86 valence electrons. The van der Waals surface area contributed by atoms with E-state index in [2.05, 4.69) is 4.98 Å². The minimum Gasteiger partial charge on any atom is -0.469 e. The van der Waals surface area contributed by atoms with Gasteiger partial charge >= 0.3 is 0 Å². The summed E-state index contributed by atoms with van der Waals surface area (Å²) in [6, 6.07) is 7.87. The Hall–Kier alpha value is -1.74. The van der Waals surface area contributed by atoms with Crippen LogP contribution in [-0.4, -0.2) is 9.38 Å². The molecule has 0 aliphatic carbocycles. The average Bonchev–Trinajstić information content (AvgIpc) is 2.89. The van der Waals surface area contributed by atoms with Gasteiger partial charge < -0.3 is 8.82 Å². The number of hydrogen-bond donors (Lipinski definition) is 0. The number of rotatable bonds is 2. The van der Waals surface area contributed by atoms with Crippen LogP contribution < -0.4 is 0 Å². The summed E-state index contributed by atoms with van der Waals surface area (Å²) in [5.41, 5.74) is 2.11. The molecule has 3 aromatic heterocycles. The third-order valence-corrected chi connectivity index (χ3v) is 3.02. The van der Waals surface area contributed by atoms with Crippen LogP contribution in [0.25, 0.3) is 5.52 Å². The predicted molar refractivity (Wildman–Crippen MR) is 66.5 cm³/mol. The van der Waals surface area contributed by atoms with E-state index in [1.165, 1.54) is 5.56 Å². The normalized spacial score (nSPS) is 11.2. The van der Waals surface area contributed by atoms with Crippen molar-refractivity contribution in [3.63, 3.8) is 0 Å². The third-order valence-electron chi connectivity index (χ3n) is 2.74. The molecule has 0 radical (unpaired) electrons. The van der Waals surface area contributed by atoms with Gasteiger partial charge in [-0.1, -0.05) is 11.6 Å². The molecule has 0 aromatic carbocycles. The highest BCUT2D eigenvalue weighted by Gasteiger charge is 2.10. The number of imidazole rings is 1. The molecule has 0 fully saturated rings. The van der Waals surface area contributed by atoms with Crippen molar-refractivity contribution in [2.75, 3.05) is 0 Å². The monoisotopic (exact) mass is 246 g/mol. The van der Waals surface area contributed by atoms with Crippen molar-refractivity contribution < 1.29 is 4.42 Å². The number of pyridine rings is 1. The molecule has 0 unspecified atom stereocenters. The lowest BCUT2D eigenvalue weighted by Crippen LogP contribution is -1.95. The summed E-state index contributed by atoms with van der Waals surface area (Å²) in [5.74, 6) is 1.77. The number of fused-ring (bicyclic) bond motifs is 1. The van der Waals surface area contributed by atoms with Crippen LogP contribution >= 0.6 is 11.6 Å². The Kier molecular flexibility index (Phi) is 2.41. The van der Waals surface area contributed by atoms with Gasteiger partial charge in [-0.25, -0.2) is 4.98 Å². The molecule has 0 aliphatic heterocycles. The highest BCUT2D eigenvalue weighted by molar-refractivity contribution is 6.32. The van der Waals surface area contributed by atoms with E-state index in [0.717, 1.165) is 17.1 Å². The summed E-state index contributed by atoms with van der Waals surface area (Å²) < 4.78 is 7.32. The Morgan fingerprint density at radius 2 is 2.29 bits per heavy atom. The highest BCUT2D eigenvalue weighted by Crippen LogP contribution is 2.21. The van der Waals surface area contributed by atoms with E-state index in [1.54, 1.807) is 6.26 Å². The minimum absolute atomic E-state index is 0.537. The Morgan fingerprint density at radius 3 is 3.06 bits per heavy atom. The number of halogens is 1. The van der Waals surface area contributed by atoms with Crippen molar-refractivity contribution in [2.24, 2.45) is 0 Å². The van der Waals surface area contributed by atoms with Gasteiger partial charge in [0.25, 0.3) is 0 Å². The smallest absolute Gasteiger partial charge is 0.155 e. The molecule has 3 aromatic rings. The molecule has 0 atom stereocenters. The zero-order valence-electron chi connectivity index (χ0n) is 9.35. The molecule has 0 N–H and O–H groups in total. The van der Waals surface area contributed by atoms with E-state index >= 15 is 0 Å². The summed E-state index contributed by atoms with van der Waals surface area (Å²) in [7, 11) is 0. The number of nitrogens with zero attached hydrogens (tertiary/aromatic N) is 2. The molecule has 17 heavy (non-hydrogen) atoms. The lowest BCUT2D eigenvalue weighted by Gasteiger charge is -2.00. The van der Waals surface area contributed by atoms with E-state index in [0.29, 0.717) is 11.6 Å². The fourth-order valence-electron chi connectivity index (χ4n) is 1.91. The van der Waals surface area contributed by atoms with Crippen LogP contribution in [0.5, 0.6) is 0 Å². The van der Waals surface area contributed by atoms with Crippen LogP contribution in [-0.2, 0) is 6.42 Å². The summed E-state index contributed by atoms with van der Waals surface area (Å²) in [5, 5.41) is 0.537. The zero-order chi connectivity index (χ0) is 11.8. The second-order valence-corrected chi connectivity index (χ2v) is 4.39. The van der Waals surface area contributed by atoms with E-state index in [1.807, 2.05) is 41.8 Å². The summed E-state index contributed by atoms with van der Waals surface area (Å²) in [6.45, 7) is 2.04. The van der Waals surface area contributed by atoms with Gasteiger partial charge in [-0.15, -0.1) is 0 Å². The van der Waals surface area contributed by atoms with Gasteiger partial charge in [0.05, 0.1) is 18.2 Å². The second-order valence-electron chi connectivity index (χ2n) is 4.03. The SMILES string of the molecule is Cc1ccn2c(Cc3ccco3)nc(Cl)c2c1. The first-order chi connectivity index (χ1) is 8.24. The van der Waals surface area contributed by atoms with E-state index in [4.69, 9.17) is 16.0 Å². The first-order valence-electron chi connectivity index (χ1n) is 5.39. The standard InChI is InChI=1S/C13H11ClN2O/c1-9-4-5-16-11(7-9)13(14)15-12(16)8-10-3-2-6-17-10/h2-7H,8H2,1H3. The van der Waals surface area contributed by atoms with E-state index in [-0.39, 0.29) is 0 Å². The van der Waals surface area contributed by atoms with E-state index < -0.39 is 0 Å². The van der Waals surface area contributed by atoms with Crippen molar-refractivity contribution in [1.82, 2.24) is 9.38 Å². The molecule has 0 bridgehead atoms.